The van der Waals surface area contributed by atoms with Crippen LogP contribution in [0, 0.1) is 12.8 Å². The van der Waals surface area contributed by atoms with E-state index in [1.165, 1.54) is 6.33 Å². The minimum atomic E-state index is -0.481. The standard InChI is InChI=1S/C27H34N4O3/c1-6-12-27(13-11-18(2)3)16-31(26(32)34-27)23-14-20-22(15-24(23)33-5)28-17-29-25(20)30-21-10-8-7-9-19(21)4/h7-10,14-15,17-18H,6,11-13,16H2,1-5H3,(H,28,29,30). The number of aromatic nitrogens is 2. The molecule has 7 nitrogen and oxygen atoms in total. The topological polar surface area (TPSA) is 76.6 Å². The van der Waals surface area contributed by atoms with Crippen molar-refractivity contribution in [2.24, 2.45) is 5.92 Å². The fraction of sp³-hybridized carbons (Fsp3) is 0.444. The zero-order chi connectivity index (χ0) is 24.3. The third-order valence-electron chi connectivity index (χ3n) is 6.48. The molecule has 7 heteroatoms. The molecule has 1 saturated heterocycles. The van der Waals surface area contributed by atoms with Gasteiger partial charge in [-0.3, -0.25) is 4.90 Å². The molecule has 1 aromatic heterocycles. The van der Waals surface area contributed by atoms with Crippen LogP contribution in [-0.4, -0.2) is 35.3 Å². The van der Waals surface area contributed by atoms with Crippen molar-refractivity contribution < 1.29 is 14.3 Å². The van der Waals surface area contributed by atoms with Crippen molar-refractivity contribution in [2.75, 3.05) is 23.9 Å². The number of carbonyl (C=O) groups is 1. The third kappa shape index (κ3) is 4.79. The summed E-state index contributed by atoms with van der Waals surface area (Å²) in [7, 11) is 1.61. The van der Waals surface area contributed by atoms with Crippen molar-refractivity contribution in [2.45, 2.75) is 59.0 Å². The summed E-state index contributed by atoms with van der Waals surface area (Å²) in [6.07, 6.45) is 4.84. The van der Waals surface area contributed by atoms with Gasteiger partial charge in [-0.15, -0.1) is 0 Å². The van der Waals surface area contributed by atoms with Gasteiger partial charge in [-0.05, 0) is 49.8 Å². The number of aryl methyl sites for hydroxylation is 1. The molecule has 2 aromatic carbocycles. The van der Waals surface area contributed by atoms with Gasteiger partial charge in [-0.2, -0.15) is 0 Å². The predicted octanol–water partition coefficient (Wildman–Crippen LogP) is 6.62. The number of nitrogens with zero attached hydrogens (tertiary/aromatic N) is 3. The largest absolute Gasteiger partial charge is 0.494 e. The highest BCUT2D eigenvalue weighted by Gasteiger charge is 2.45. The molecule has 0 aliphatic carbocycles. The lowest BCUT2D eigenvalue weighted by Gasteiger charge is -2.27. The van der Waals surface area contributed by atoms with Crippen LogP contribution in [0.15, 0.2) is 42.7 Å². The highest BCUT2D eigenvalue weighted by atomic mass is 16.6. The van der Waals surface area contributed by atoms with E-state index in [2.05, 4.69) is 36.1 Å². The normalized spacial score (nSPS) is 17.9. The first kappa shape index (κ1) is 23.8. The lowest BCUT2D eigenvalue weighted by molar-refractivity contribution is 0.0374. The highest BCUT2D eigenvalue weighted by Crippen LogP contribution is 2.41. The number of cyclic esters (lactones) is 1. The minimum Gasteiger partial charge on any atom is -0.494 e. The Balaban J connectivity index is 1.74. The fourth-order valence-electron chi connectivity index (χ4n) is 4.59. The van der Waals surface area contributed by atoms with E-state index >= 15 is 0 Å². The van der Waals surface area contributed by atoms with Crippen LogP contribution >= 0.6 is 0 Å². The van der Waals surface area contributed by atoms with E-state index in [0.717, 1.165) is 47.8 Å². The molecule has 3 aromatic rings. The maximum absolute atomic E-state index is 13.1. The van der Waals surface area contributed by atoms with Crippen molar-refractivity contribution in [3.05, 3.63) is 48.3 Å². The number of methoxy groups -OCH3 is 1. The van der Waals surface area contributed by atoms with Gasteiger partial charge >= 0.3 is 6.09 Å². The Morgan fingerprint density at radius 3 is 2.71 bits per heavy atom. The number of fused-ring (bicyclic) bond motifs is 1. The second kappa shape index (κ2) is 9.87. The van der Waals surface area contributed by atoms with Gasteiger partial charge in [0.25, 0.3) is 0 Å². The SMILES string of the molecule is CCCC1(CCC(C)C)CN(c2cc3c(Nc4ccccc4C)ncnc3cc2OC)C(=O)O1. The molecule has 1 unspecified atom stereocenters. The molecular formula is C27H34N4O3. The first-order valence-corrected chi connectivity index (χ1v) is 12.0. The molecule has 34 heavy (non-hydrogen) atoms. The average molecular weight is 463 g/mol. The van der Waals surface area contributed by atoms with E-state index in [9.17, 15) is 4.79 Å². The predicted molar refractivity (Wildman–Crippen MR) is 136 cm³/mol. The molecule has 0 radical (unpaired) electrons. The molecule has 0 bridgehead atoms. The Labute approximate surface area is 201 Å². The number of carbonyl (C=O) groups excluding carboxylic acids is 1. The summed E-state index contributed by atoms with van der Waals surface area (Å²) < 4.78 is 11.7. The maximum atomic E-state index is 13.1. The summed E-state index contributed by atoms with van der Waals surface area (Å²) in [6.45, 7) is 9.07. The quantitative estimate of drug-likeness (QED) is 0.385. The van der Waals surface area contributed by atoms with Crippen molar-refractivity contribution in [3.8, 4) is 5.75 Å². The van der Waals surface area contributed by atoms with Gasteiger partial charge in [0.15, 0.2) is 0 Å². The second-order valence-corrected chi connectivity index (χ2v) is 9.52. The summed E-state index contributed by atoms with van der Waals surface area (Å²) in [6, 6.07) is 11.8. The molecule has 180 valence electrons. The summed E-state index contributed by atoms with van der Waals surface area (Å²) >= 11 is 0. The minimum absolute atomic E-state index is 0.333. The van der Waals surface area contributed by atoms with Crippen LogP contribution < -0.4 is 15.0 Å². The zero-order valence-corrected chi connectivity index (χ0v) is 20.7. The number of para-hydroxylation sites is 1. The van der Waals surface area contributed by atoms with Crippen LogP contribution in [0.3, 0.4) is 0 Å². The molecule has 4 rings (SSSR count). The first-order chi connectivity index (χ1) is 16.4. The molecule has 1 amide bonds. The zero-order valence-electron chi connectivity index (χ0n) is 20.7. The molecule has 1 fully saturated rings. The molecule has 0 saturated carbocycles. The Kier molecular flexibility index (Phi) is 6.91. The van der Waals surface area contributed by atoms with Crippen molar-refractivity contribution in [1.82, 2.24) is 9.97 Å². The van der Waals surface area contributed by atoms with Gasteiger partial charge in [-0.25, -0.2) is 14.8 Å². The third-order valence-corrected chi connectivity index (χ3v) is 6.48. The number of ether oxygens (including phenoxy) is 2. The van der Waals surface area contributed by atoms with Crippen molar-refractivity contribution in [1.29, 1.82) is 0 Å². The van der Waals surface area contributed by atoms with Crippen molar-refractivity contribution in [3.63, 3.8) is 0 Å². The summed E-state index contributed by atoms with van der Waals surface area (Å²) in [5.74, 6) is 1.81. The van der Waals surface area contributed by atoms with Gasteiger partial charge in [0, 0.05) is 17.1 Å². The Bertz CT molecular complexity index is 1180. The van der Waals surface area contributed by atoms with E-state index in [-0.39, 0.29) is 6.09 Å². The highest BCUT2D eigenvalue weighted by molar-refractivity contribution is 6.00. The monoisotopic (exact) mass is 462 g/mol. The average Bonchev–Trinajstić information content (AvgIpc) is 3.15. The summed E-state index contributed by atoms with van der Waals surface area (Å²) in [5, 5.41) is 4.23. The van der Waals surface area contributed by atoms with E-state index in [1.807, 2.05) is 43.3 Å². The lowest BCUT2D eigenvalue weighted by atomic mass is 9.89. The fourth-order valence-corrected chi connectivity index (χ4v) is 4.59. The van der Waals surface area contributed by atoms with Crippen LogP contribution in [0.1, 0.15) is 52.0 Å². The number of hydrogen-bond acceptors (Lipinski definition) is 6. The number of amides is 1. The number of rotatable bonds is 9. The second-order valence-electron chi connectivity index (χ2n) is 9.52. The molecule has 1 atom stereocenters. The molecule has 1 aliphatic heterocycles. The molecule has 0 spiro atoms. The van der Waals surface area contributed by atoms with Gasteiger partial charge in [0.1, 0.15) is 23.5 Å². The first-order valence-electron chi connectivity index (χ1n) is 12.0. The van der Waals surface area contributed by atoms with E-state index in [0.29, 0.717) is 29.7 Å². The van der Waals surface area contributed by atoms with Crippen molar-refractivity contribution >= 4 is 34.2 Å². The van der Waals surface area contributed by atoms with Crippen LogP contribution in [0.25, 0.3) is 10.9 Å². The van der Waals surface area contributed by atoms with Crippen LogP contribution in [-0.2, 0) is 4.74 Å². The van der Waals surface area contributed by atoms with E-state index < -0.39 is 5.60 Å². The molecular weight excluding hydrogens is 428 g/mol. The Morgan fingerprint density at radius 2 is 2.00 bits per heavy atom. The van der Waals surface area contributed by atoms with E-state index in [4.69, 9.17) is 9.47 Å². The lowest BCUT2D eigenvalue weighted by Crippen LogP contribution is -2.35. The van der Waals surface area contributed by atoms with Gasteiger partial charge in [-0.1, -0.05) is 45.4 Å². The van der Waals surface area contributed by atoms with Crippen LogP contribution in [0.2, 0.25) is 0 Å². The summed E-state index contributed by atoms with van der Waals surface area (Å²) in [4.78, 5) is 23.8. The maximum Gasteiger partial charge on any atom is 0.415 e. The molecule has 2 heterocycles. The molecule has 1 N–H and O–H groups in total. The number of hydrogen-bond donors (Lipinski definition) is 1. The smallest absolute Gasteiger partial charge is 0.415 e. The molecule has 1 aliphatic rings. The van der Waals surface area contributed by atoms with Gasteiger partial charge in [0.2, 0.25) is 0 Å². The van der Waals surface area contributed by atoms with Crippen LogP contribution in [0.5, 0.6) is 5.75 Å². The number of nitrogens with one attached hydrogen (secondary N) is 1. The number of benzene rings is 2. The van der Waals surface area contributed by atoms with Gasteiger partial charge < -0.3 is 14.8 Å². The Hall–Kier alpha value is -3.35. The van der Waals surface area contributed by atoms with E-state index in [1.54, 1.807) is 12.0 Å². The summed E-state index contributed by atoms with van der Waals surface area (Å²) in [5.41, 5.74) is 3.01. The van der Waals surface area contributed by atoms with Crippen LogP contribution in [0.4, 0.5) is 22.0 Å². The van der Waals surface area contributed by atoms with Gasteiger partial charge in [0.05, 0.1) is 24.9 Å². The Morgan fingerprint density at radius 1 is 1.21 bits per heavy atom. The number of anilines is 3.